The van der Waals surface area contributed by atoms with Gasteiger partial charge in [0.15, 0.2) is 0 Å². The maximum Gasteiger partial charge on any atom is 0.321 e. The molecule has 2 aliphatic carbocycles. The van der Waals surface area contributed by atoms with E-state index in [4.69, 9.17) is 4.98 Å². The van der Waals surface area contributed by atoms with Crippen molar-refractivity contribution in [2.75, 3.05) is 17.7 Å². The summed E-state index contributed by atoms with van der Waals surface area (Å²) in [7, 11) is 1.97. The number of fused-ring (bicyclic) bond motifs is 4. The first-order valence-electron chi connectivity index (χ1n) is 13.7. The van der Waals surface area contributed by atoms with Gasteiger partial charge in [-0.3, -0.25) is 4.90 Å². The summed E-state index contributed by atoms with van der Waals surface area (Å²) < 4.78 is 0. The van der Waals surface area contributed by atoms with Crippen molar-refractivity contribution in [1.82, 2.24) is 14.8 Å². The molecule has 2 saturated heterocycles. The summed E-state index contributed by atoms with van der Waals surface area (Å²) in [5.41, 5.74) is 4.57. The zero-order valence-corrected chi connectivity index (χ0v) is 21.0. The molecule has 36 heavy (non-hydrogen) atoms. The minimum absolute atomic E-state index is 0.00948. The van der Waals surface area contributed by atoms with Crippen LogP contribution in [0.5, 0.6) is 0 Å². The van der Waals surface area contributed by atoms with E-state index in [2.05, 4.69) is 45.9 Å². The van der Waals surface area contributed by atoms with Gasteiger partial charge < -0.3 is 15.5 Å². The van der Waals surface area contributed by atoms with Crippen LogP contribution in [-0.2, 0) is 6.42 Å². The Hall–Kier alpha value is -3.12. The van der Waals surface area contributed by atoms with Crippen molar-refractivity contribution in [2.45, 2.75) is 81.6 Å². The minimum atomic E-state index is -0.00948. The normalized spacial score (nSPS) is 27.1. The number of nitrogens with zero attached hydrogens (tertiary/aromatic N) is 3. The van der Waals surface area contributed by atoms with E-state index in [1.165, 1.54) is 36.8 Å². The highest BCUT2D eigenvalue weighted by Gasteiger charge is 2.48. The molecule has 6 nitrogen and oxygen atoms in total. The van der Waals surface area contributed by atoms with Crippen molar-refractivity contribution >= 4 is 28.4 Å². The molecule has 3 heterocycles. The summed E-state index contributed by atoms with van der Waals surface area (Å²) in [5.74, 6) is 0.896. The molecule has 2 aromatic carbocycles. The smallest absolute Gasteiger partial charge is 0.321 e. The van der Waals surface area contributed by atoms with Crippen LogP contribution in [0.25, 0.3) is 10.9 Å². The van der Waals surface area contributed by atoms with Gasteiger partial charge in [0.1, 0.15) is 5.82 Å². The molecular formula is C30H35N5O. The second-order valence-corrected chi connectivity index (χ2v) is 11.3. The van der Waals surface area contributed by atoms with E-state index in [0.29, 0.717) is 24.2 Å². The highest BCUT2D eigenvalue weighted by molar-refractivity contribution is 5.93. The zero-order valence-electron chi connectivity index (χ0n) is 21.0. The van der Waals surface area contributed by atoms with E-state index in [1.807, 2.05) is 36.2 Å². The average Bonchev–Trinajstić information content (AvgIpc) is 3.61. The molecule has 2 N–H and O–H groups in total. The second-order valence-electron chi connectivity index (χ2n) is 11.3. The van der Waals surface area contributed by atoms with Crippen LogP contribution in [-0.4, -0.2) is 52.0 Å². The van der Waals surface area contributed by atoms with Crippen LogP contribution < -0.4 is 10.6 Å². The molecule has 2 amide bonds. The number of urea groups is 1. The van der Waals surface area contributed by atoms with Crippen LogP contribution in [0.2, 0.25) is 0 Å². The number of carbonyl (C=O) groups excluding carboxylic acids is 1. The fraction of sp³-hybridized carbons (Fsp3) is 0.467. The summed E-state index contributed by atoms with van der Waals surface area (Å²) in [5, 5.41) is 7.80. The summed E-state index contributed by atoms with van der Waals surface area (Å²) >= 11 is 0. The maximum absolute atomic E-state index is 13.1. The van der Waals surface area contributed by atoms with Gasteiger partial charge in [-0.15, -0.1) is 0 Å². The Morgan fingerprint density at radius 2 is 1.72 bits per heavy atom. The van der Waals surface area contributed by atoms with Crippen molar-refractivity contribution in [1.29, 1.82) is 0 Å². The number of hydrogen-bond acceptors (Lipinski definition) is 4. The number of piperidine rings is 1. The van der Waals surface area contributed by atoms with Gasteiger partial charge in [0.05, 0.1) is 11.6 Å². The van der Waals surface area contributed by atoms with Crippen molar-refractivity contribution in [2.24, 2.45) is 0 Å². The number of pyridine rings is 1. The van der Waals surface area contributed by atoms with E-state index in [9.17, 15) is 4.79 Å². The number of anilines is 2. The van der Waals surface area contributed by atoms with Crippen LogP contribution in [0, 0.1) is 0 Å². The molecule has 3 unspecified atom stereocenters. The lowest BCUT2D eigenvalue weighted by atomic mass is 9.96. The van der Waals surface area contributed by atoms with Crippen LogP contribution >= 0.6 is 0 Å². The van der Waals surface area contributed by atoms with Gasteiger partial charge >= 0.3 is 6.03 Å². The number of hydrogen-bond donors (Lipinski definition) is 2. The summed E-state index contributed by atoms with van der Waals surface area (Å²) in [6.07, 6.45) is 9.77. The van der Waals surface area contributed by atoms with Crippen molar-refractivity contribution in [3.63, 3.8) is 0 Å². The Morgan fingerprint density at radius 3 is 2.53 bits per heavy atom. The third kappa shape index (κ3) is 4.01. The van der Waals surface area contributed by atoms with Crippen LogP contribution in [0.4, 0.5) is 16.3 Å². The number of amides is 2. The molecule has 4 aliphatic rings. The maximum atomic E-state index is 13.1. The number of benzene rings is 2. The lowest BCUT2D eigenvalue weighted by Crippen LogP contribution is -2.52. The quantitative estimate of drug-likeness (QED) is 0.472. The van der Waals surface area contributed by atoms with Gasteiger partial charge in [-0.25, -0.2) is 9.78 Å². The predicted octanol–water partition coefficient (Wildman–Crippen LogP) is 5.96. The van der Waals surface area contributed by atoms with Crippen LogP contribution in [0.15, 0.2) is 54.6 Å². The first kappa shape index (κ1) is 22.1. The Bertz CT molecular complexity index is 1290. The molecule has 2 aliphatic heterocycles. The van der Waals surface area contributed by atoms with Gasteiger partial charge in [-0.1, -0.05) is 24.3 Å². The van der Waals surface area contributed by atoms with E-state index >= 15 is 0 Å². The van der Waals surface area contributed by atoms with Gasteiger partial charge in [0, 0.05) is 42.3 Å². The number of rotatable bonds is 5. The lowest BCUT2D eigenvalue weighted by molar-refractivity contribution is 0.0781. The Balaban J connectivity index is 1.01. The molecule has 3 atom stereocenters. The largest absolute Gasteiger partial charge is 0.363 e. The Labute approximate surface area is 213 Å². The zero-order chi connectivity index (χ0) is 24.2. The Morgan fingerprint density at radius 1 is 0.944 bits per heavy atom. The van der Waals surface area contributed by atoms with Crippen LogP contribution in [0.1, 0.15) is 62.1 Å². The fourth-order valence-corrected chi connectivity index (χ4v) is 7.02. The molecule has 3 fully saturated rings. The fourth-order valence-electron chi connectivity index (χ4n) is 7.02. The first-order valence-corrected chi connectivity index (χ1v) is 13.7. The standard InChI is InChI=1S/C30H35N5O/c1-34(25-17-23-11-12-24(18-25)35(23)22-9-10-22)30(36)31-21-8-14-27-20(16-21)7-15-29(32-27)33-28-13-6-19-4-2-3-5-26(19)28/h2-5,7-8,14-16,22-25,28H,6,9-13,17-18H2,1H3,(H,31,36)(H,32,33). The van der Waals surface area contributed by atoms with Crippen molar-refractivity contribution in [3.8, 4) is 0 Å². The number of carbonyl (C=O) groups is 1. The molecule has 1 aromatic heterocycles. The Kier molecular flexibility index (Phi) is 5.38. The monoisotopic (exact) mass is 481 g/mol. The average molecular weight is 482 g/mol. The van der Waals surface area contributed by atoms with Crippen molar-refractivity contribution < 1.29 is 4.79 Å². The summed E-state index contributed by atoms with van der Waals surface area (Å²) in [6.45, 7) is 0. The number of aryl methyl sites for hydroxylation is 1. The SMILES string of the molecule is CN(C(=O)Nc1ccc2nc(NC3CCc4ccccc43)ccc2c1)C1CC2CCC(C1)N2C1CC1. The van der Waals surface area contributed by atoms with Gasteiger partial charge in [0.25, 0.3) is 0 Å². The minimum Gasteiger partial charge on any atom is -0.363 e. The van der Waals surface area contributed by atoms with Crippen LogP contribution in [0.3, 0.4) is 0 Å². The third-order valence-electron chi connectivity index (χ3n) is 9.00. The van der Waals surface area contributed by atoms with E-state index < -0.39 is 0 Å². The highest BCUT2D eigenvalue weighted by Crippen LogP contribution is 2.44. The van der Waals surface area contributed by atoms with E-state index in [1.54, 1.807) is 0 Å². The topological polar surface area (TPSA) is 60.5 Å². The molecule has 7 rings (SSSR count). The molecule has 0 radical (unpaired) electrons. The lowest BCUT2D eigenvalue weighted by Gasteiger charge is -2.42. The molecule has 3 aromatic rings. The molecule has 0 spiro atoms. The van der Waals surface area contributed by atoms with E-state index in [0.717, 1.165) is 54.1 Å². The van der Waals surface area contributed by atoms with Gasteiger partial charge in [-0.05, 0) is 92.8 Å². The first-order chi connectivity index (χ1) is 17.6. The van der Waals surface area contributed by atoms with Gasteiger partial charge in [-0.2, -0.15) is 0 Å². The molecule has 186 valence electrons. The molecule has 2 bridgehead atoms. The summed E-state index contributed by atoms with van der Waals surface area (Å²) in [6, 6.07) is 21.6. The molecular weight excluding hydrogens is 446 g/mol. The predicted molar refractivity (Wildman–Crippen MR) is 144 cm³/mol. The number of aromatic nitrogens is 1. The van der Waals surface area contributed by atoms with Crippen molar-refractivity contribution in [3.05, 3.63) is 65.7 Å². The summed E-state index contributed by atoms with van der Waals surface area (Å²) in [4.78, 5) is 22.7. The van der Waals surface area contributed by atoms with Gasteiger partial charge in [0.2, 0.25) is 0 Å². The second kappa shape index (κ2) is 8.77. The molecule has 1 saturated carbocycles. The van der Waals surface area contributed by atoms with E-state index in [-0.39, 0.29) is 6.03 Å². The molecule has 6 heteroatoms. The number of nitrogens with one attached hydrogen (secondary N) is 2. The third-order valence-corrected chi connectivity index (χ3v) is 9.00. The highest BCUT2D eigenvalue weighted by atomic mass is 16.2.